The third kappa shape index (κ3) is 3.85. The van der Waals surface area contributed by atoms with Crippen molar-refractivity contribution in [3.8, 4) is 6.07 Å². The molecule has 110 valence electrons. The van der Waals surface area contributed by atoms with Crippen molar-refractivity contribution in [2.24, 2.45) is 5.92 Å². The van der Waals surface area contributed by atoms with E-state index in [0.717, 1.165) is 0 Å². The van der Waals surface area contributed by atoms with Gasteiger partial charge in [-0.25, -0.2) is 0 Å². The average Bonchev–Trinajstić information content (AvgIpc) is 2.50. The second-order valence-corrected chi connectivity index (χ2v) is 5.31. The van der Waals surface area contributed by atoms with Gasteiger partial charge in [0, 0.05) is 21.3 Å². The molecule has 0 aliphatic heterocycles. The van der Waals surface area contributed by atoms with Gasteiger partial charge in [0.25, 0.3) is 0 Å². The predicted octanol–water partition coefficient (Wildman–Crippen LogP) is 3.95. The molecule has 0 fully saturated rings. The molecule has 22 heavy (non-hydrogen) atoms. The van der Waals surface area contributed by atoms with Crippen molar-refractivity contribution in [1.29, 1.82) is 5.26 Å². The van der Waals surface area contributed by atoms with Crippen molar-refractivity contribution >= 4 is 40.6 Å². The Morgan fingerprint density at radius 2 is 1.73 bits per heavy atom. The summed E-state index contributed by atoms with van der Waals surface area (Å²) in [6.07, 6.45) is 0. The van der Waals surface area contributed by atoms with Gasteiger partial charge in [-0.1, -0.05) is 35.3 Å². The fourth-order valence-corrected chi connectivity index (χ4v) is 2.11. The highest BCUT2D eigenvalue weighted by Gasteiger charge is 2.27. The van der Waals surface area contributed by atoms with Crippen molar-refractivity contribution in [1.82, 2.24) is 0 Å². The molecule has 2 aromatic carbocycles. The van der Waals surface area contributed by atoms with Gasteiger partial charge in [-0.05, 0) is 36.4 Å². The maximum atomic E-state index is 12.3. The SMILES string of the molecule is N#CC(C(=O)Nc1ccc(Cl)cc1)C(=O)c1cccc(Cl)c1. The average molecular weight is 333 g/mol. The summed E-state index contributed by atoms with van der Waals surface area (Å²) >= 11 is 11.6. The Labute approximate surface area is 137 Å². The molecule has 1 atom stereocenters. The molecule has 6 heteroatoms. The lowest BCUT2D eigenvalue weighted by molar-refractivity contribution is -0.117. The van der Waals surface area contributed by atoms with Crippen LogP contribution in [0.4, 0.5) is 5.69 Å². The number of benzene rings is 2. The molecule has 0 saturated heterocycles. The van der Waals surface area contributed by atoms with E-state index in [1.807, 2.05) is 0 Å². The lowest BCUT2D eigenvalue weighted by atomic mass is 9.98. The molecule has 1 N–H and O–H groups in total. The van der Waals surface area contributed by atoms with Gasteiger partial charge in [0.05, 0.1) is 6.07 Å². The van der Waals surface area contributed by atoms with Crippen molar-refractivity contribution < 1.29 is 9.59 Å². The van der Waals surface area contributed by atoms with E-state index in [-0.39, 0.29) is 5.56 Å². The monoisotopic (exact) mass is 332 g/mol. The second kappa shape index (κ2) is 7.08. The number of hydrogen-bond donors (Lipinski definition) is 1. The Morgan fingerprint density at radius 1 is 1.05 bits per heavy atom. The summed E-state index contributed by atoms with van der Waals surface area (Å²) in [6.45, 7) is 0. The normalized spacial score (nSPS) is 11.3. The zero-order valence-corrected chi connectivity index (χ0v) is 12.7. The fourth-order valence-electron chi connectivity index (χ4n) is 1.79. The molecule has 2 rings (SSSR count). The molecule has 0 radical (unpaired) electrons. The molecular weight excluding hydrogens is 323 g/mol. The number of ketones is 1. The number of halogens is 2. The van der Waals surface area contributed by atoms with E-state index in [4.69, 9.17) is 28.5 Å². The van der Waals surface area contributed by atoms with Crippen LogP contribution in [0.5, 0.6) is 0 Å². The number of Topliss-reactive ketones (excluding diaryl/α,β-unsaturated/α-hetero) is 1. The lowest BCUT2D eigenvalue weighted by Gasteiger charge is -2.10. The minimum absolute atomic E-state index is 0.213. The number of anilines is 1. The topological polar surface area (TPSA) is 70.0 Å². The minimum atomic E-state index is -1.45. The van der Waals surface area contributed by atoms with Gasteiger partial charge in [-0.3, -0.25) is 9.59 Å². The second-order valence-electron chi connectivity index (χ2n) is 4.43. The van der Waals surface area contributed by atoms with Crippen LogP contribution in [0.2, 0.25) is 10.0 Å². The standard InChI is InChI=1S/C16H10Cl2N2O2/c17-11-4-6-13(7-5-11)20-16(22)14(9-19)15(21)10-2-1-3-12(18)8-10/h1-8,14H,(H,20,22). The highest BCUT2D eigenvalue weighted by Crippen LogP contribution is 2.17. The maximum absolute atomic E-state index is 12.3. The number of hydrogen-bond acceptors (Lipinski definition) is 3. The molecule has 1 amide bonds. The molecular formula is C16H10Cl2N2O2. The molecule has 2 aromatic rings. The van der Waals surface area contributed by atoms with Crippen molar-refractivity contribution in [3.63, 3.8) is 0 Å². The highest BCUT2D eigenvalue weighted by atomic mass is 35.5. The summed E-state index contributed by atoms with van der Waals surface area (Å²) in [6, 6.07) is 14.2. The van der Waals surface area contributed by atoms with E-state index in [1.54, 1.807) is 42.5 Å². The van der Waals surface area contributed by atoms with E-state index >= 15 is 0 Å². The van der Waals surface area contributed by atoms with Gasteiger partial charge in [-0.2, -0.15) is 5.26 Å². The first-order valence-corrected chi connectivity index (χ1v) is 7.02. The summed E-state index contributed by atoms with van der Waals surface area (Å²) in [5, 5.41) is 12.5. The highest BCUT2D eigenvalue weighted by molar-refractivity contribution is 6.31. The summed E-state index contributed by atoms with van der Waals surface area (Å²) in [5.74, 6) is -2.75. The van der Waals surface area contributed by atoms with Crippen LogP contribution >= 0.6 is 23.2 Å². The first-order valence-electron chi connectivity index (χ1n) is 6.27. The molecule has 0 bridgehead atoms. The largest absolute Gasteiger partial charge is 0.325 e. The van der Waals surface area contributed by atoms with Crippen LogP contribution < -0.4 is 5.32 Å². The number of nitriles is 1. The van der Waals surface area contributed by atoms with Crippen molar-refractivity contribution in [2.75, 3.05) is 5.32 Å². The van der Waals surface area contributed by atoms with E-state index in [1.165, 1.54) is 12.1 Å². The third-order valence-corrected chi connectivity index (χ3v) is 3.36. The fraction of sp³-hybridized carbons (Fsp3) is 0.0625. The number of rotatable bonds is 4. The molecule has 0 aliphatic rings. The van der Waals surface area contributed by atoms with Crippen molar-refractivity contribution in [2.45, 2.75) is 0 Å². The maximum Gasteiger partial charge on any atom is 0.249 e. The molecule has 0 heterocycles. The number of carbonyl (C=O) groups excluding carboxylic acids is 2. The summed E-state index contributed by atoms with van der Waals surface area (Å²) < 4.78 is 0. The summed E-state index contributed by atoms with van der Waals surface area (Å²) in [7, 11) is 0. The molecule has 0 aromatic heterocycles. The minimum Gasteiger partial charge on any atom is -0.325 e. The van der Waals surface area contributed by atoms with Gasteiger partial charge in [-0.15, -0.1) is 0 Å². The number of carbonyl (C=O) groups is 2. The first kappa shape index (κ1) is 16.0. The Bertz CT molecular complexity index is 751. The van der Waals surface area contributed by atoms with Crippen LogP contribution in [0.3, 0.4) is 0 Å². The Balaban J connectivity index is 2.17. The van der Waals surface area contributed by atoms with Crippen LogP contribution in [0, 0.1) is 17.2 Å². The van der Waals surface area contributed by atoms with E-state index in [9.17, 15) is 9.59 Å². The van der Waals surface area contributed by atoms with Gasteiger partial charge < -0.3 is 5.32 Å². The Kier molecular flexibility index (Phi) is 5.16. The summed E-state index contributed by atoms with van der Waals surface area (Å²) in [4.78, 5) is 24.4. The van der Waals surface area contributed by atoms with Gasteiger partial charge in [0.1, 0.15) is 0 Å². The van der Waals surface area contributed by atoms with E-state index in [2.05, 4.69) is 5.32 Å². The smallest absolute Gasteiger partial charge is 0.249 e. The van der Waals surface area contributed by atoms with Crippen LogP contribution in [-0.4, -0.2) is 11.7 Å². The number of nitrogens with one attached hydrogen (secondary N) is 1. The quantitative estimate of drug-likeness (QED) is 0.680. The van der Waals surface area contributed by atoms with Crippen LogP contribution in [0.1, 0.15) is 10.4 Å². The lowest BCUT2D eigenvalue weighted by Crippen LogP contribution is -2.28. The van der Waals surface area contributed by atoms with E-state index < -0.39 is 17.6 Å². The van der Waals surface area contributed by atoms with Crippen LogP contribution in [0.25, 0.3) is 0 Å². The predicted molar refractivity (Wildman–Crippen MR) is 85.0 cm³/mol. The van der Waals surface area contributed by atoms with Crippen molar-refractivity contribution in [3.05, 3.63) is 64.1 Å². The summed E-state index contributed by atoms with van der Waals surface area (Å²) in [5.41, 5.74) is 0.666. The Hall–Kier alpha value is -2.35. The zero-order chi connectivity index (χ0) is 16.1. The zero-order valence-electron chi connectivity index (χ0n) is 11.2. The van der Waals surface area contributed by atoms with Crippen LogP contribution in [-0.2, 0) is 4.79 Å². The van der Waals surface area contributed by atoms with Crippen LogP contribution in [0.15, 0.2) is 48.5 Å². The molecule has 0 aliphatic carbocycles. The molecule has 0 spiro atoms. The molecule has 1 unspecified atom stereocenters. The third-order valence-electron chi connectivity index (χ3n) is 2.87. The Morgan fingerprint density at radius 3 is 2.32 bits per heavy atom. The molecule has 4 nitrogen and oxygen atoms in total. The van der Waals surface area contributed by atoms with Gasteiger partial charge in [0.2, 0.25) is 5.91 Å². The van der Waals surface area contributed by atoms with Gasteiger partial charge in [0.15, 0.2) is 11.7 Å². The number of nitrogens with zero attached hydrogens (tertiary/aromatic N) is 1. The first-order chi connectivity index (χ1) is 10.5. The van der Waals surface area contributed by atoms with Gasteiger partial charge >= 0.3 is 0 Å². The van der Waals surface area contributed by atoms with E-state index in [0.29, 0.717) is 15.7 Å². The molecule has 0 saturated carbocycles. The number of amides is 1.